The van der Waals surface area contributed by atoms with Gasteiger partial charge < -0.3 is 9.22 Å². The molecule has 1 rings (SSSR count). The average molecular weight is 532 g/mol. The Morgan fingerprint density at radius 1 is 0.645 bits per heavy atom. The zero-order chi connectivity index (χ0) is 24.6. The molecule has 1 aromatic rings. The van der Waals surface area contributed by atoms with E-state index in [2.05, 4.69) is 99.0 Å². The molecule has 0 bridgehead atoms. The van der Waals surface area contributed by atoms with E-state index in [1.54, 1.807) is 0 Å². The lowest BCUT2D eigenvalue weighted by atomic mass is 10.2. The topological polar surface area (TPSA) is 29.5 Å². The third kappa shape index (κ3) is 7.80. The van der Waals surface area contributed by atoms with Crippen molar-refractivity contribution in [1.82, 2.24) is 0 Å². The summed E-state index contributed by atoms with van der Waals surface area (Å²) in [5.41, 5.74) is 5.26. The molecular weight excluding hydrogens is 480 g/mol. The van der Waals surface area contributed by atoms with Gasteiger partial charge in [-0.05, 0) is 57.4 Å². The lowest BCUT2D eigenvalue weighted by Gasteiger charge is -2.54. The van der Waals surface area contributed by atoms with Crippen molar-refractivity contribution in [1.29, 1.82) is 0 Å². The third-order valence-electron chi connectivity index (χ3n) is 7.08. The molecule has 2 nitrogen and oxygen atoms in total. The number of aliphatic hydroxyl groups is 1. The summed E-state index contributed by atoms with van der Waals surface area (Å²) in [6, 6.07) is 7.95. The van der Waals surface area contributed by atoms with Gasteiger partial charge in [-0.25, -0.2) is 0 Å². The number of rotatable bonds is 10. The summed E-state index contributed by atoms with van der Waals surface area (Å²) in [6.07, 6.45) is 0.743. The molecule has 1 aromatic carbocycles. The minimum atomic E-state index is -1.79. The van der Waals surface area contributed by atoms with Crippen molar-refractivity contribution in [3.8, 4) is 0 Å². The van der Waals surface area contributed by atoms with Crippen molar-refractivity contribution in [2.45, 2.75) is 123 Å². The Bertz CT molecular complexity index is 537. The summed E-state index contributed by atoms with van der Waals surface area (Å²) in [5.74, 6) is 0. The molecule has 0 spiro atoms. The fourth-order valence-corrected chi connectivity index (χ4v) is 22.2. The Hall–Kier alpha value is 0.0538. The van der Waals surface area contributed by atoms with E-state index in [1.165, 1.54) is 5.56 Å². The Morgan fingerprint density at radius 3 is 1.16 bits per heavy atom. The van der Waals surface area contributed by atoms with E-state index in [1.807, 2.05) is 24.3 Å². The highest BCUT2D eigenvalue weighted by Gasteiger charge is 2.54. The molecule has 0 saturated carbocycles. The molecule has 0 aromatic heterocycles. The Morgan fingerprint density at radius 2 is 0.935 bits per heavy atom. The number of aliphatic hydroxyl groups excluding tert-OH is 1. The van der Waals surface area contributed by atoms with Gasteiger partial charge in [0.25, 0.3) is 0 Å². The molecule has 182 valence electrons. The lowest BCUT2D eigenvalue weighted by Crippen LogP contribution is -2.60. The number of halogens is 1. The van der Waals surface area contributed by atoms with Gasteiger partial charge in [-0.3, -0.25) is 0 Å². The second-order valence-corrected chi connectivity index (χ2v) is 22.9. The maximum atomic E-state index is 8.58. The van der Waals surface area contributed by atoms with Crippen molar-refractivity contribution in [2.24, 2.45) is 0 Å². The van der Waals surface area contributed by atoms with Gasteiger partial charge in [-0.2, -0.15) is 0 Å². The second kappa shape index (κ2) is 13.7. The van der Waals surface area contributed by atoms with Crippen LogP contribution in [0, 0.1) is 0 Å². The van der Waals surface area contributed by atoms with Crippen molar-refractivity contribution in [2.75, 3.05) is 6.61 Å². The van der Waals surface area contributed by atoms with Crippen LogP contribution >= 0.6 is 15.9 Å². The molecule has 0 atom stereocenters. The van der Waals surface area contributed by atoms with Crippen LogP contribution in [0.3, 0.4) is 0 Å². The van der Waals surface area contributed by atoms with Crippen molar-refractivity contribution in [3.05, 3.63) is 34.3 Å². The first kappa shape index (κ1) is 31.1. The van der Waals surface area contributed by atoms with Crippen LogP contribution in [-0.4, -0.2) is 28.3 Å². The first-order valence-corrected chi connectivity index (χ1v) is 17.3. The summed E-state index contributed by atoms with van der Waals surface area (Å²) in [7, 11) is -3.58. The molecule has 5 heteroatoms. The highest BCUT2D eigenvalue weighted by Crippen LogP contribution is 2.51. The van der Waals surface area contributed by atoms with Crippen LogP contribution < -0.4 is 0 Å². The first-order valence-electron chi connectivity index (χ1n) is 12.2. The van der Waals surface area contributed by atoms with E-state index in [0.717, 1.165) is 10.9 Å². The van der Waals surface area contributed by atoms with Crippen LogP contribution in [0.2, 0.25) is 33.2 Å². The van der Waals surface area contributed by atoms with Gasteiger partial charge in [0.2, 0.25) is 0 Å². The number of hydrogen-bond acceptors (Lipinski definition) is 2. The van der Waals surface area contributed by atoms with Gasteiger partial charge in [0.15, 0.2) is 16.6 Å². The summed E-state index contributed by atoms with van der Waals surface area (Å²) in [4.78, 5) is 0. The fourth-order valence-electron chi connectivity index (χ4n) is 5.79. The lowest BCUT2D eigenvalue weighted by molar-refractivity contribution is 0.299. The SMILES string of the molecule is CC(C)[Si](O[Si](C(C)C)(C(C)C)C(C)C)(C(C)C)C(C)C.OCCc1ccc(Br)cc1. The number of hydrogen-bond donors (Lipinski definition) is 1. The molecule has 0 heterocycles. The maximum Gasteiger partial charge on any atom is 0.187 e. The summed E-state index contributed by atoms with van der Waals surface area (Å²) < 4.78 is 8.55. The molecule has 0 aliphatic rings. The monoisotopic (exact) mass is 530 g/mol. The Balaban J connectivity index is 0.000000743. The predicted octanol–water partition coefficient (Wildman–Crippen LogP) is 9.34. The molecule has 0 fully saturated rings. The van der Waals surface area contributed by atoms with Crippen molar-refractivity contribution in [3.63, 3.8) is 0 Å². The fraction of sp³-hybridized carbons (Fsp3) is 0.769. The van der Waals surface area contributed by atoms with E-state index in [-0.39, 0.29) is 6.61 Å². The van der Waals surface area contributed by atoms with Gasteiger partial charge in [-0.1, -0.05) is 111 Å². The van der Waals surface area contributed by atoms with Crippen LogP contribution in [0.4, 0.5) is 0 Å². The van der Waals surface area contributed by atoms with Gasteiger partial charge in [-0.15, -0.1) is 0 Å². The smallest absolute Gasteiger partial charge is 0.187 e. The molecule has 31 heavy (non-hydrogen) atoms. The molecule has 0 unspecified atom stereocenters. The molecular formula is C26H51BrO2Si2. The Labute approximate surface area is 205 Å². The minimum absolute atomic E-state index is 0.224. The van der Waals surface area contributed by atoms with E-state index in [0.29, 0.717) is 33.2 Å². The van der Waals surface area contributed by atoms with Crippen LogP contribution in [0.15, 0.2) is 28.7 Å². The zero-order valence-electron chi connectivity index (χ0n) is 22.4. The van der Waals surface area contributed by atoms with E-state index in [9.17, 15) is 0 Å². The number of benzene rings is 1. The standard InChI is InChI=1S/C18H42OSi2.C8H9BrO/c1-13(2)20(14(3)4,15(5)6)19-21(16(7)8,17(9)10)18(11)12;9-8-3-1-7(2-4-8)5-6-10/h13-18H,1-12H3;1-4,10H,5-6H2. The second-order valence-electron chi connectivity index (χ2n) is 10.8. The molecule has 0 amide bonds. The average Bonchev–Trinajstić information content (AvgIpc) is 2.63. The predicted molar refractivity (Wildman–Crippen MR) is 148 cm³/mol. The Kier molecular flexibility index (Phi) is 13.7. The van der Waals surface area contributed by atoms with Crippen LogP contribution in [0.25, 0.3) is 0 Å². The largest absolute Gasteiger partial charge is 0.454 e. The molecule has 0 saturated heterocycles. The van der Waals surface area contributed by atoms with Crippen molar-refractivity contribution < 1.29 is 9.22 Å². The molecule has 0 aliphatic carbocycles. The zero-order valence-corrected chi connectivity index (χ0v) is 26.0. The van der Waals surface area contributed by atoms with Crippen LogP contribution in [0.5, 0.6) is 0 Å². The highest BCUT2D eigenvalue weighted by atomic mass is 79.9. The summed E-state index contributed by atoms with van der Waals surface area (Å²) >= 11 is 3.33. The summed E-state index contributed by atoms with van der Waals surface area (Å²) in [6.45, 7) is 29.1. The third-order valence-corrected chi connectivity index (χ3v) is 21.3. The summed E-state index contributed by atoms with van der Waals surface area (Å²) in [5, 5.41) is 8.58. The van der Waals surface area contributed by atoms with Crippen molar-refractivity contribution >= 4 is 32.6 Å². The quantitative estimate of drug-likeness (QED) is 0.305. The van der Waals surface area contributed by atoms with Crippen LogP contribution in [0.1, 0.15) is 88.6 Å². The van der Waals surface area contributed by atoms with E-state index < -0.39 is 16.6 Å². The van der Waals surface area contributed by atoms with Gasteiger partial charge >= 0.3 is 0 Å². The highest BCUT2D eigenvalue weighted by molar-refractivity contribution is 9.10. The van der Waals surface area contributed by atoms with Gasteiger partial charge in [0, 0.05) is 11.1 Å². The van der Waals surface area contributed by atoms with Gasteiger partial charge in [0.05, 0.1) is 0 Å². The molecule has 0 aliphatic heterocycles. The van der Waals surface area contributed by atoms with Gasteiger partial charge in [0.1, 0.15) is 0 Å². The van der Waals surface area contributed by atoms with Crippen LogP contribution in [-0.2, 0) is 10.5 Å². The minimum Gasteiger partial charge on any atom is -0.454 e. The van der Waals surface area contributed by atoms with E-state index in [4.69, 9.17) is 9.22 Å². The molecule has 0 radical (unpaired) electrons. The molecule has 1 N–H and O–H groups in total. The first-order chi connectivity index (χ1) is 14.2. The van der Waals surface area contributed by atoms with E-state index >= 15 is 0 Å². The maximum absolute atomic E-state index is 8.58. The normalized spacial score (nSPS) is 13.0.